The second kappa shape index (κ2) is 20.6. The van der Waals surface area contributed by atoms with E-state index in [1.165, 1.54) is 57.9 Å². The van der Waals surface area contributed by atoms with Gasteiger partial charge in [-0.05, 0) is 60.7 Å². The molecule has 1 N–H and O–H groups in total. The number of methoxy groups -OCH3 is 6. The van der Waals surface area contributed by atoms with E-state index in [0.717, 1.165) is 5.56 Å². The lowest BCUT2D eigenvalue weighted by atomic mass is 10.1. The molecule has 370 valence electrons. The van der Waals surface area contributed by atoms with Gasteiger partial charge in [-0.3, -0.25) is 14.8 Å². The van der Waals surface area contributed by atoms with Crippen molar-refractivity contribution in [1.29, 1.82) is 0 Å². The number of hydrogen-bond acceptors (Lipinski definition) is 18. The maximum atomic E-state index is 12.8. The van der Waals surface area contributed by atoms with Gasteiger partial charge in [0.15, 0.2) is 23.0 Å². The Balaban J connectivity index is 0.000000236. The van der Waals surface area contributed by atoms with Crippen molar-refractivity contribution < 1.29 is 101 Å². The molecule has 4 heterocycles. The highest BCUT2D eigenvalue weighted by molar-refractivity contribution is 8.00. The van der Waals surface area contributed by atoms with Crippen LogP contribution < -0.4 is 38.2 Å². The van der Waals surface area contributed by atoms with Crippen molar-refractivity contribution in [3.63, 3.8) is 0 Å². The normalized spacial score (nSPS) is 12.2. The molecular formula is C37H31F9N4O15S3. The summed E-state index contributed by atoms with van der Waals surface area (Å²) in [6.07, 6.45) is 3.05. The van der Waals surface area contributed by atoms with E-state index in [0.29, 0.717) is 45.2 Å². The average Bonchev–Trinajstić information content (AvgIpc) is 3.26. The van der Waals surface area contributed by atoms with Crippen LogP contribution in [0.25, 0.3) is 44.3 Å². The van der Waals surface area contributed by atoms with Crippen LogP contribution in [-0.2, 0) is 34.0 Å². The van der Waals surface area contributed by atoms with Crippen LogP contribution in [-0.4, -0.2) is 104 Å². The van der Waals surface area contributed by atoms with Crippen LogP contribution in [0.4, 0.5) is 39.5 Å². The molecular weight excluding hydrogens is 1010 g/mol. The fraction of sp³-hybridized carbons (Fsp3) is 0.243. The van der Waals surface area contributed by atoms with Gasteiger partial charge in [-0.25, -0.2) is 4.98 Å². The molecule has 0 aliphatic carbocycles. The third-order valence-corrected chi connectivity index (χ3v) is 11.8. The molecule has 0 atom stereocenters. The molecule has 68 heavy (non-hydrogen) atoms. The number of H-pyrrole nitrogens is 1. The number of alkyl halides is 9. The summed E-state index contributed by atoms with van der Waals surface area (Å²) < 4.78 is 208. The number of rotatable bonds is 12. The second-order valence-electron chi connectivity index (χ2n) is 12.5. The number of pyridine rings is 4. The molecule has 0 radical (unpaired) electrons. The lowest BCUT2D eigenvalue weighted by Crippen LogP contribution is -2.34. The van der Waals surface area contributed by atoms with E-state index in [-0.39, 0.29) is 33.7 Å². The highest BCUT2D eigenvalue weighted by Gasteiger charge is 2.57. The summed E-state index contributed by atoms with van der Waals surface area (Å²) >= 11 is 0. The Morgan fingerprint density at radius 1 is 0.515 bits per heavy atom. The minimum atomic E-state index is -6.85. The maximum absolute atomic E-state index is 12.8. The molecule has 0 saturated heterocycles. The fourth-order valence-electron chi connectivity index (χ4n) is 5.31. The molecule has 2 aromatic carbocycles. The second-order valence-corrected chi connectivity index (χ2v) is 17.3. The minimum absolute atomic E-state index is 0.0125. The average molecular weight is 1040 g/mol. The topological polar surface area (TPSA) is 248 Å². The third kappa shape index (κ3) is 12.0. The lowest BCUT2D eigenvalue weighted by Gasteiger charge is -2.15. The Kier molecular flexibility index (Phi) is 16.3. The van der Waals surface area contributed by atoms with E-state index >= 15 is 0 Å². The first-order valence-electron chi connectivity index (χ1n) is 17.7. The van der Waals surface area contributed by atoms with E-state index in [2.05, 4.69) is 24.1 Å². The Bertz CT molecular complexity index is 3110. The van der Waals surface area contributed by atoms with Crippen molar-refractivity contribution in [2.24, 2.45) is 0 Å². The number of benzene rings is 2. The zero-order chi connectivity index (χ0) is 51.2. The first kappa shape index (κ1) is 53.8. The van der Waals surface area contributed by atoms with Crippen molar-refractivity contribution >= 4 is 52.2 Å². The van der Waals surface area contributed by atoms with E-state index in [4.69, 9.17) is 28.4 Å². The number of fused-ring (bicyclic) bond motifs is 2. The number of nitrogens with one attached hydrogen (secondary N) is 1. The Morgan fingerprint density at radius 2 is 0.912 bits per heavy atom. The molecule has 0 saturated carbocycles. The van der Waals surface area contributed by atoms with Gasteiger partial charge >= 0.3 is 46.9 Å². The Hall–Kier alpha value is -6.86. The van der Waals surface area contributed by atoms with Crippen molar-refractivity contribution in [2.45, 2.75) is 16.5 Å². The minimum Gasteiger partial charge on any atom is -0.493 e. The molecule has 6 rings (SSSR count). The number of halogens is 9. The first-order chi connectivity index (χ1) is 31.5. The summed E-state index contributed by atoms with van der Waals surface area (Å²) in [5.41, 5.74) is -15.8. The molecule has 4 aromatic heterocycles. The third-order valence-electron chi connectivity index (χ3n) is 8.33. The van der Waals surface area contributed by atoms with E-state index in [9.17, 15) is 69.6 Å². The number of ether oxygens (including phenoxy) is 6. The molecule has 0 spiro atoms. The molecule has 19 nitrogen and oxygen atoms in total. The van der Waals surface area contributed by atoms with Gasteiger partial charge in [-0.1, -0.05) is 0 Å². The van der Waals surface area contributed by atoms with Crippen molar-refractivity contribution in [3.05, 3.63) is 83.4 Å². The van der Waals surface area contributed by atoms with Crippen LogP contribution in [0.3, 0.4) is 0 Å². The number of nitrogens with zero attached hydrogens (tertiary/aromatic N) is 3. The largest absolute Gasteiger partial charge is 0.534 e. The summed E-state index contributed by atoms with van der Waals surface area (Å²) in [6, 6.07) is 16.1. The maximum Gasteiger partial charge on any atom is 0.534 e. The van der Waals surface area contributed by atoms with Gasteiger partial charge in [0.25, 0.3) is 5.56 Å². The van der Waals surface area contributed by atoms with Crippen LogP contribution in [0.5, 0.6) is 40.4 Å². The quantitative estimate of drug-likeness (QED) is 0.0746. The number of hydrogen-bond donors (Lipinski definition) is 1. The van der Waals surface area contributed by atoms with Gasteiger partial charge < -0.3 is 37.6 Å². The molecule has 0 fully saturated rings. The van der Waals surface area contributed by atoms with Gasteiger partial charge in [0.1, 0.15) is 0 Å². The van der Waals surface area contributed by atoms with Crippen LogP contribution in [0.15, 0.2) is 77.9 Å². The number of aromatic amines is 1. The van der Waals surface area contributed by atoms with Gasteiger partial charge in [0.2, 0.25) is 17.4 Å². The highest BCUT2D eigenvalue weighted by Crippen LogP contribution is 2.43. The van der Waals surface area contributed by atoms with Gasteiger partial charge in [-0.2, -0.15) is 64.8 Å². The van der Waals surface area contributed by atoms with Crippen LogP contribution in [0.2, 0.25) is 0 Å². The summed E-state index contributed by atoms with van der Waals surface area (Å²) in [6.45, 7) is 0. The summed E-state index contributed by atoms with van der Waals surface area (Å²) in [7, 11) is -10.8. The molecule has 0 aliphatic rings. The molecule has 31 heteroatoms. The molecule has 0 bridgehead atoms. The zero-order valence-corrected chi connectivity index (χ0v) is 37.5. The molecule has 0 amide bonds. The SMILES string of the molecule is COc1cc(-c2cc3ncccc3c(=O)[nH]2)cc(OC)c1OC.COc1cc(-c2cc3ncccc3c(OS(=O)(=O)C(F)(F)F)n2)cc(OC)c1OC.O=S(=O)(OS(=O)(=O)C(F)(F)F)C(F)(F)F. The molecule has 6 aromatic rings. The Morgan fingerprint density at radius 3 is 1.31 bits per heavy atom. The van der Waals surface area contributed by atoms with E-state index in [1.54, 1.807) is 51.8 Å². The van der Waals surface area contributed by atoms with Crippen molar-refractivity contribution in [2.75, 3.05) is 42.7 Å². The van der Waals surface area contributed by atoms with Gasteiger partial charge in [0, 0.05) is 23.5 Å². The van der Waals surface area contributed by atoms with Crippen LogP contribution >= 0.6 is 0 Å². The van der Waals surface area contributed by atoms with Crippen molar-refractivity contribution in [1.82, 2.24) is 19.9 Å². The monoisotopic (exact) mass is 1040 g/mol. The molecule has 0 unspecified atom stereocenters. The Labute approximate surface area is 377 Å². The smallest absolute Gasteiger partial charge is 0.493 e. The van der Waals surface area contributed by atoms with Crippen molar-refractivity contribution in [3.8, 4) is 62.9 Å². The predicted molar refractivity (Wildman–Crippen MR) is 219 cm³/mol. The van der Waals surface area contributed by atoms with Crippen LogP contribution in [0, 0.1) is 0 Å². The van der Waals surface area contributed by atoms with Gasteiger partial charge in [-0.15, -0.1) is 3.63 Å². The summed E-state index contributed by atoms with van der Waals surface area (Å²) in [5.74, 6) is 1.59. The zero-order valence-electron chi connectivity index (χ0n) is 35.0. The first-order valence-corrected chi connectivity index (χ1v) is 21.9. The summed E-state index contributed by atoms with van der Waals surface area (Å²) in [4.78, 5) is 27.4. The van der Waals surface area contributed by atoms with Crippen LogP contribution in [0.1, 0.15) is 0 Å². The van der Waals surface area contributed by atoms with E-state index in [1.807, 2.05) is 9.70 Å². The lowest BCUT2D eigenvalue weighted by molar-refractivity contribution is -0.0586. The number of aromatic nitrogens is 4. The standard InChI is InChI=1S/C18H15F3N2O6S.C17H16N2O4.C2F6O5S2/c1-26-14-7-10(8-15(27-2)16(14)28-3)12-9-13-11(5-4-6-22-13)17(23-12)29-30(24,25)18(19,20)21;1-21-14-7-10(8-15(22-2)16(14)23-3)12-9-13-11(17(20)19-12)5-4-6-18-13;3-1(4,5)14(9,10)13-15(11,12)2(6,7)8/h4-9H,1-3H3;4-9H,1-3H3,(H,19,20);. The summed E-state index contributed by atoms with van der Waals surface area (Å²) in [5, 5.41) is 0.533. The highest BCUT2D eigenvalue weighted by atomic mass is 32.3. The predicted octanol–water partition coefficient (Wildman–Crippen LogP) is 6.87. The fourth-order valence-corrected chi connectivity index (χ4v) is 7.30. The van der Waals surface area contributed by atoms with Gasteiger partial charge in [0.05, 0.1) is 75.9 Å². The van der Waals surface area contributed by atoms with E-state index < -0.39 is 52.8 Å². The molecule has 0 aliphatic heterocycles.